The van der Waals surface area contributed by atoms with Crippen molar-refractivity contribution in [3.05, 3.63) is 0 Å². The Hall–Kier alpha value is 0.230. The van der Waals surface area contributed by atoms with Crippen LogP contribution in [-0.2, 0) is 12.5 Å². The number of rotatable bonds is 14. The van der Waals surface area contributed by atoms with Crippen molar-refractivity contribution < 1.29 is 12.5 Å². The predicted octanol–water partition coefficient (Wildman–Crippen LogP) is 5.64. The first kappa shape index (κ1) is 20.2. The van der Waals surface area contributed by atoms with Crippen LogP contribution in [0.3, 0.4) is 0 Å². The second-order valence-corrected chi connectivity index (χ2v) is 7.25. The second kappa shape index (κ2) is 12.9. The van der Waals surface area contributed by atoms with Gasteiger partial charge in [0.2, 0.25) is 0 Å². The molecular weight excluding hydrogens is 272 g/mol. The van der Waals surface area contributed by atoms with Crippen LogP contribution in [-0.4, -0.2) is 25.6 Å². The summed E-state index contributed by atoms with van der Waals surface area (Å²) in [5, 5.41) is 0. The zero-order valence-corrected chi connectivity index (χ0v) is 15.1. The summed E-state index contributed by atoms with van der Waals surface area (Å²) in [6.45, 7) is 12.5. The summed E-state index contributed by atoms with van der Waals surface area (Å²) in [6, 6.07) is 0. The standard InChI is InChI=1S/C16H36O3S/c1-6-11-12-14-16(13-7-2)15-20(17-8-3,18-9-4)19-10-5/h16H,6-15H2,1-5H3. The van der Waals surface area contributed by atoms with Crippen molar-refractivity contribution in [3.8, 4) is 0 Å². The molecule has 4 heteroatoms. The van der Waals surface area contributed by atoms with Crippen molar-refractivity contribution in [1.29, 1.82) is 0 Å². The summed E-state index contributed by atoms with van der Waals surface area (Å²) in [5.74, 6) is 1.59. The predicted molar refractivity (Wildman–Crippen MR) is 89.9 cm³/mol. The molecule has 0 N–H and O–H groups in total. The molecule has 20 heavy (non-hydrogen) atoms. The van der Waals surface area contributed by atoms with Crippen molar-refractivity contribution in [1.82, 2.24) is 0 Å². The molecule has 0 aromatic heterocycles. The minimum atomic E-state index is -1.81. The largest absolute Gasteiger partial charge is 0.293 e. The molecule has 0 spiro atoms. The van der Waals surface area contributed by atoms with Crippen LogP contribution in [0.15, 0.2) is 0 Å². The SMILES string of the molecule is CCCCCC(CCC)CS(OCC)(OCC)OCC. The molecule has 0 radical (unpaired) electrons. The Morgan fingerprint density at radius 1 is 0.700 bits per heavy atom. The van der Waals surface area contributed by atoms with Crippen molar-refractivity contribution >= 4 is 10.9 Å². The highest BCUT2D eigenvalue weighted by Crippen LogP contribution is 2.53. The van der Waals surface area contributed by atoms with Crippen molar-refractivity contribution in [2.24, 2.45) is 5.92 Å². The van der Waals surface area contributed by atoms with Crippen molar-refractivity contribution in [2.45, 2.75) is 73.1 Å². The molecule has 0 heterocycles. The lowest BCUT2D eigenvalue weighted by Crippen LogP contribution is -2.22. The number of hydrogen-bond acceptors (Lipinski definition) is 3. The van der Waals surface area contributed by atoms with Crippen LogP contribution in [0.2, 0.25) is 0 Å². The highest BCUT2D eigenvalue weighted by molar-refractivity contribution is 8.21. The van der Waals surface area contributed by atoms with Gasteiger partial charge in [0, 0.05) is 5.75 Å². The van der Waals surface area contributed by atoms with E-state index in [2.05, 4.69) is 13.8 Å². The molecule has 0 aromatic carbocycles. The van der Waals surface area contributed by atoms with Crippen LogP contribution in [0.5, 0.6) is 0 Å². The third-order valence-corrected chi connectivity index (χ3v) is 5.91. The summed E-state index contributed by atoms with van der Waals surface area (Å²) in [4.78, 5) is 0. The Kier molecular flexibility index (Phi) is 13.1. The first-order valence-electron chi connectivity index (χ1n) is 8.41. The van der Waals surface area contributed by atoms with E-state index in [9.17, 15) is 0 Å². The second-order valence-electron chi connectivity index (χ2n) is 5.09. The molecule has 0 aromatic rings. The number of hydrogen-bond donors (Lipinski definition) is 0. The van der Waals surface area contributed by atoms with Gasteiger partial charge >= 0.3 is 0 Å². The van der Waals surface area contributed by atoms with Gasteiger partial charge in [0.15, 0.2) is 0 Å². The van der Waals surface area contributed by atoms with Crippen LogP contribution in [0.25, 0.3) is 0 Å². The van der Waals surface area contributed by atoms with Crippen LogP contribution < -0.4 is 0 Å². The molecule has 0 fully saturated rings. The van der Waals surface area contributed by atoms with Crippen LogP contribution in [0.1, 0.15) is 73.1 Å². The molecule has 0 bridgehead atoms. The quantitative estimate of drug-likeness (QED) is 0.388. The van der Waals surface area contributed by atoms with Gasteiger partial charge in [-0.3, -0.25) is 12.5 Å². The molecule has 1 unspecified atom stereocenters. The van der Waals surface area contributed by atoms with Gasteiger partial charge in [-0.1, -0.05) is 39.5 Å². The highest BCUT2D eigenvalue weighted by atomic mass is 32.3. The van der Waals surface area contributed by atoms with E-state index in [0.717, 1.165) is 5.75 Å². The minimum absolute atomic E-state index is 0.656. The van der Waals surface area contributed by atoms with E-state index in [1.165, 1.54) is 38.5 Å². The van der Waals surface area contributed by atoms with Gasteiger partial charge in [-0.25, -0.2) is 0 Å². The first-order valence-corrected chi connectivity index (χ1v) is 9.99. The molecule has 0 saturated heterocycles. The van der Waals surface area contributed by atoms with E-state index < -0.39 is 10.9 Å². The van der Waals surface area contributed by atoms with Crippen molar-refractivity contribution in [2.75, 3.05) is 25.6 Å². The Morgan fingerprint density at radius 2 is 1.25 bits per heavy atom. The topological polar surface area (TPSA) is 27.7 Å². The fourth-order valence-corrected chi connectivity index (χ4v) is 4.96. The molecule has 0 aliphatic rings. The summed E-state index contributed by atoms with van der Waals surface area (Å²) in [6.07, 6.45) is 7.63. The third-order valence-electron chi connectivity index (χ3n) is 3.24. The molecular formula is C16H36O3S. The highest BCUT2D eigenvalue weighted by Gasteiger charge is 2.30. The normalized spacial score (nSPS) is 14.4. The number of unbranched alkanes of at least 4 members (excludes halogenated alkanes) is 2. The molecule has 0 aliphatic carbocycles. The molecule has 0 amide bonds. The summed E-state index contributed by atoms with van der Waals surface area (Å²) >= 11 is 0. The fourth-order valence-electron chi connectivity index (χ4n) is 2.48. The van der Waals surface area contributed by atoms with Gasteiger partial charge in [0.05, 0.1) is 30.7 Å². The molecule has 0 rings (SSSR count). The molecule has 3 nitrogen and oxygen atoms in total. The van der Waals surface area contributed by atoms with Crippen LogP contribution in [0, 0.1) is 5.92 Å². The van der Waals surface area contributed by atoms with Crippen LogP contribution >= 0.6 is 10.9 Å². The Bertz CT molecular complexity index is 195. The maximum Gasteiger partial charge on any atom is 0.0890 e. The lowest BCUT2D eigenvalue weighted by atomic mass is 9.98. The lowest BCUT2D eigenvalue weighted by molar-refractivity contribution is 0.180. The van der Waals surface area contributed by atoms with E-state index in [1.807, 2.05) is 20.8 Å². The van der Waals surface area contributed by atoms with Crippen molar-refractivity contribution in [3.63, 3.8) is 0 Å². The molecule has 124 valence electrons. The average Bonchev–Trinajstić information content (AvgIpc) is 2.40. The van der Waals surface area contributed by atoms with Gasteiger partial charge in [-0.2, -0.15) is 0 Å². The monoisotopic (exact) mass is 308 g/mol. The summed E-state index contributed by atoms with van der Waals surface area (Å²) < 4.78 is 17.8. The smallest absolute Gasteiger partial charge is 0.0890 e. The fraction of sp³-hybridized carbons (Fsp3) is 1.00. The van der Waals surface area contributed by atoms with Gasteiger partial charge in [-0.05, 0) is 39.5 Å². The summed E-state index contributed by atoms with van der Waals surface area (Å²) in [7, 11) is -1.81. The average molecular weight is 309 g/mol. The third kappa shape index (κ3) is 8.50. The van der Waals surface area contributed by atoms with E-state index in [0.29, 0.717) is 25.7 Å². The Morgan fingerprint density at radius 3 is 1.65 bits per heavy atom. The maximum absolute atomic E-state index is 5.93. The zero-order chi connectivity index (χ0) is 15.3. The first-order chi connectivity index (χ1) is 9.67. The summed E-state index contributed by atoms with van der Waals surface area (Å²) in [5.41, 5.74) is 0. The molecule has 1 atom stereocenters. The van der Waals surface area contributed by atoms with Gasteiger partial charge in [-0.15, -0.1) is 0 Å². The zero-order valence-electron chi connectivity index (χ0n) is 14.3. The Labute approximate surface area is 128 Å². The maximum atomic E-state index is 5.93. The van der Waals surface area contributed by atoms with E-state index in [1.54, 1.807) is 0 Å². The molecule has 0 saturated carbocycles. The van der Waals surface area contributed by atoms with Gasteiger partial charge < -0.3 is 0 Å². The van der Waals surface area contributed by atoms with Crippen LogP contribution in [0.4, 0.5) is 0 Å². The van der Waals surface area contributed by atoms with E-state index >= 15 is 0 Å². The van der Waals surface area contributed by atoms with E-state index in [-0.39, 0.29) is 0 Å². The van der Waals surface area contributed by atoms with Gasteiger partial charge in [0.1, 0.15) is 0 Å². The molecule has 0 aliphatic heterocycles. The van der Waals surface area contributed by atoms with E-state index in [4.69, 9.17) is 12.5 Å². The minimum Gasteiger partial charge on any atom is -0.293 e. The lowest BCUT2D eigenvalue weighted by Gasteiger charge is -2.39. The van der Waals surface area contributed by atoms with Gasteiger partial charge in [0.25, 0.3) is 0 Å². The Balaban J connectivity index is 4.65.